The van der Waals surface area contributed by atoms with Gasteiger partial charge in [-0.15, -0.1) is 0 Å². The molecule has 5 heteroatoms. The summed E-state index contributed by atoms with van der Waals surface area (Å²) in [4.78, 5) is 0. The van der Waals surface area contributed by atoms with Gasteiger partial charge in [-0.05, 0) is 31.1 Å². The molecule has 1 fully saturated rings. The van der Waals surface area contributed by atoms with Crippen molar-refractivity contribution in [3.8, 4) is 0 Å². The highest BCUT2D eigenvalue weighted by Crippen LogP contribution is 2.35. The van der Waals surface area contributed by atoms with E-state index in [2.05, 4.69) is 19.2 Å². The minimum Gasteiger partial charge on any atom is -0.377 e. The maximum absolute atomic E-state index is 10.9. The van der Waals surface area contributed by atoms with Gasteiger partial charge in [-0.25, -0.2) is 8.42 Å². The van der Waals surface area contributed by atoms with Crippen LogP contribution < -0.4 is 5.32 Å². The molecule has 0 unspecified atom stereocenters. The van der Waals surface area contributed by atoms with Gasteiger partial charge in [0.25, 0.3) is 0 Å². The highest BCUT2D eigenvalue weighted by molar-refractivity contribution is 7.90. The second-order valence-corrected chi connectivity index (χ2v) is 8.37. The fraction of sp³-hybridized carbons (Fsp3) is 1.00. The van der Waals surface area contributed by atoms with Crippen molar-refractivity contribution in [3.05, 3.63) is 0 Å². The van der Waals surface area contributed by atoms with Gasteiger partial charge in [0, 0.05) is 19.3 Å². The minimum absolute atomic E-state index is 0.199. The zero-order chi connectivity index (χ0) is 13.6. The Morgan fingerprint density at radius 1 is 1.22 bits per heavy atom. The zero-order valence-electron chi connectivity index (χ0n) is 11.9. The summed E-state index contributed by atoms with van der Waals surface area (Å²) in [6.45, 7) is 6.55. The maximum Gasteiger partial charge on any atom is 0.148 e. The summed E-state index contributed by atoms with van der Waals surface area (Å²) in [7, 11) is -2.85. The Balaban J connectivity index is 1.99. The summed E-state index contributed by atoms with van der Waals surface area (Å²) in [5.41, 5.74) is 0.480. The molecule has 0 bridgehead atoms. The van der Waals surface area contributed by atoms with E-state index in [0.717, 1.165) is 19.4 Å². The summed E-state index contributed by atoms with van der Waals surface area (Å²) in [5.74, 6) is 0.199. The molecule has 0 radical (unpaired) electrons. The third kappa shape index (κ3) is 7.34. The summed E-state index contributed by atoms with van der Waals surface area (Å²) >= 11 is 0. The van der Waals surface area contributed by atoms with Gasteiger partial charge in [-0.3, -0.25) is 0 Å². The van der Waals surface area contributed by atoms with Crippen LogP contribution in [0.4, 0.5) is 0 Å². The quantitative estimate of drug-likeness (QED) is 0.718. The fourth-order valence-electron chi connectivity index (χ4n) is 2.22. The Labute approximate surface area is 111 Å². The Kier molecular flexibility index (Phi) is 6.08. The van der Waals surface area contributed by atoms with E-state index in [-0.39, 0.29) is 5.75 Å². The summed E-state index contributed by atoms with van der Waals surface area (Å²) in [6, 6.07) is 0. The van der Waals surface area contributed by atoms with Crippen LogP contribution in [0, 0.1) is 5.41 Å². The second kappa shape index (κ2) is 6.87. The molecule has 0 aromatic rings. The first kappa shape index (κ1) is 15.9. The molecule has 0 aromatic carbocycles. The lowest BCUT2D eigenvalue weighted by molar-refractivity contribution is 0.00617. The standard InChI is InChI=1S/C13H27NO3S/c1-13(2)6-4-12(5-7-13)17-10-8-14-9-11-18(3,15)16/h12,14H,4-11H2,1-3H3. The lowest BCUT2D eigenvalue weighted by Gasteiger charge is -2.34. The van der Waals surface area contributed by atoms with Crippen molar-refractivity contribution in [2.24, 2.45) is 5.41 Å². The molecule has 4 nitrogen and oxygen atoms in total. The van der Waals surface area contributed by atoms with Crippen molar-refractivity contribution < 1.29 is 13.2 Å². The molecule has 0 heterocycles. The molecule has 1 aliphatic carbocycles. The molecule has 0 aliphatic heterocycles. The van der Waals surface area contributed by atoms with E-state index in [9.17, 15) is 8.42 Å². The molecule has 0 aromatic heterocycles. The first-order valence-electron chi connectivity index (χ1n) is 6.79. The average molecular weight is 277 g/mol. The Bertz CT molecular complexity index is 328. The lowest BCUT2D eigenvalue weighted by Crippen LogP contribution is -2.30. The van der Waals surface area contributed by atoms with Crippen molar-refractivity contribution in [2.45, 2.75) is 45.6 Å². The molecule has 0 amide bonds. The summed E-state index contributed by atoms with van der Waals surface area (Å²) in [5, 5.41) is 3.09. The minimum atomic E-state index is -2.85. The molecule has 1 saturated carbocycles. The molecule has 0 spiro atoms. The number of ether oxygens (including phenoxy) is 1. The molecule has 18 heavy (non-hydrogen) atoms. The van der Waals surface area contributed by atoms with E-state index in [0.29, 0.717) is 24.7 Å². The third-order valence-corrected chi connectivity index (χ3v) is 4.51. The van der Waals surface area contributed by atoms with Crippen LogP contribution >= 0.6 is 0 Å². The SMILES string of the molecule is CC1(C)CCC(OCCNCCS(C)(=O)=O)CC1. The van der Waals surface area contributed by atoms with E-state index in [1.807, 2.05) is 0 Å². The van der Waals surface area contributed by atoms with Crippen LogP contribution in [0.1, 0.15) is 39.5 Å². The summed E-state index contributed by atoms with van der Waals surface area (Å²) in [6.07, 6.45) is 6.43. The van der Waals surface area contributed by atoms with E-state index >= 15 is 0 Å². The van der Waals surface area contributed by atoms with Crippen molar-refractivity contribution in [3.63, 3.8) is 0 Å². The van der Waals surface area contributed by atoms with Crippen LogP contribution in [0.15, 0.2) is 0 Å². The number of rotatable bonds is 7. The smallest absolute Gasteiger partial charge is 0.148 e. The van der Waals surface area contributed by atoms with Crippen molar-refractivity contribution in [2.75, 3.05) is 31.7 Å². The molecule has 108 valence electrons. The van der Waals surface area contributed by atoms with Crippen molar-refractivity contribution in [1.82, 2.24) is 5.32 Å². The van der Waals surface area contributed by atoms with Crippen LogP contribution in [0.5, 0.6) is 0 Å². The van der Waals surface area contributed by atoms with Gasteiger partial charge in [-0.2, -0.15) is 0 Å². The number of sulfone groups is 1. The van der Waals surface area contributed by atoms with Gasteiger partial charge in [0.2, 0.25) is 0 Å². The normalized spacial score (nSPS) is 21.1. The van der Waals surface area contributed by atoms with Crippen LogP contribution in [-0.4, -0.2) is 46.2 Å². The number of nitrogens with one attached hydrogen (secondary N) is 1. The van der Waals surface area contributed by atoms with Crippen molar-refractivity contribution in [1.29, 1.82) is 0 Å². The maximum atomic E-state index is 10.9. The van der Waals surface area contributed by atoms with Gasteiger partial charge in [0.15, 0.2) is 0 Å². The highest BCUT2D eigenvalue weighted by atomic mass is 32.2. The van der Waals surface area contributed by atoms with Crippen LogP contribution in [0.3, 0.4) is 0 Å². The van der Waals surface area contributed by atoms with E-state index in [1.165, 1.54) is 19.1 Å². The third-order valence-electron chi connectivity index (χ3n) is 3.57. The molecule has 0 atom stereocenters. The van der Waals surface area contributed by atoms with Crippen molar-refractivity contribution >= 4 is 9.84 Å². The van der Waals surface area contributed by atoms with Crippen LogP contribution in [-0.2, 0) is 14.6 Å². The van der Waals surface area contributed by atoms with Gasteiger partial charge in [0.05, 0.1) is 18.5 Å². The number of hydrogen-bond acceptors (Lipinski definition) is 4. The molecule has 1 N–H and O–H groups in total. The first-order valence-corrected chi connectivity index (χ1v) is 8.85. The Hall–Kier alpha value is -0.130. The predicted molar refractivity (Wildman–Crippen MR) is 74.6 cm³/mol. The molecule has 1 rings (SSSR count). The molecule has 1 aliphatic rings. The van der Waals surface area contributed by atoms with E-state index in [4.69, 9.17) is 4.74 Å². The second-order valence-electron chi connectivity index (χ2n) is 6.11. The fourth-order valence-corrected chi connectivity index (χ4v) is 2.73. The van der Waals surface area contributed by atoms with Gasteiger partial charge < -0.3 is 10.1 Å². The van der Waals surface area contributed by atoms with Crippen LogP contribution in [0.25, 0.3) is 0 Å². The zero-order valence-corrected chi connectivity index (χ0v) is 12.7. The lowest BCUT2D eigenvalue weighted by atomic mass is 9.76. The van der Waals surface area contributed by atoms with Crippen LogP contribution in [0.2, 0.25) is 0 Å². The van der Waals surface area contributed by atoms with Gasteiger partial charge >= 0.3 is 0 Å². The summed E-state index contributed by atoms with van der Waals surface area (Å²) < 4.78 is 27.6. The average Bonchev–Trinajstić information content (AvgIpc) is 2.23. The molecule has 0 saturated heterocycles. The van der Waals surface area contributed by atoms with E-state index < -0.39 is 9.84 Å². The highest BCUT2D eigenvalue weighted by Gasteiger charge is 2.26. The Morgan fingerprint density at radius 2 is 1.83 bits per heavy atom. The molecular formula is C13H27NO3S. The predicted octanol–water partition coefficient (Wildman–Crippen LogP) is 1.61. The number of hydrogen-bond donors (Lipinski definition) is 1. The first-order chi connectivity index (χ1) is 8.29. The van der Waals surface area contributed by atoms with Gasteiger partial charge in [0.1, 0.15) is 9.84 Å². The Morgan fingerprint density at radius 3 is 2.39 bits per heavy atom. The topological polar surface area (TPSA) is 55.4 Å². The van der Waals surface area contributed by atoms with E-state index in [1.54, 1.807) is 0 Å². The monoisotopic (exact) mass is 277 g/mol. The largest absolute Gasteiger partial charge is 0.377 e. The molecular weight excluding hydrogens is 250 g/mol. The van der Waals surface area contributed by atoms with Gasteiger partial charge in [-0.1, -0.05) is 13.8 Å².